The molecular formula is C37H42MgN4O5-2. The number of rotatable bonds is 8. The molecule has 9 nitrogen and oxygen atoms in total. The number of aromatic nitrogens is 2. The molecule has 1 aliphatic carbocycles. The maximum absolute atomic E-state index is 14.2. The fourth-order valence-corrected chi connectivity index (χ4v) is 7.66. The number of carbonyl (C=O) groups excluding carboxylic acids is 2. The van der Waals surface area contributed by atoms with E-state index in [1.54, 1.807) is 6.92 Å². The Morgan fingerprint density at radius 2 is 1.81 bits per heavy atom. The summed E-state index contributed by atoms with van der Waals surface area (Å²) in [5.74, 6) is -1.63. The molecule has 244 valence electrons. The van der Waals surface area contributed by atoms with Gasteiger partial charge in [0.1, 0.15) is 0 Å². The molecule has 6 rings (SSSR count). The van der Waals surface area contributed by atoms with Crippen LogP contribution in [0.1, 0.15) is 85.4 Å². The van der Waals surface area contributed by atoms with Crippen molar-refractivity contribution >= 4 is 64.7 Å². The Morgan fingerprint density at radius 1 is 1.09 bits per heavy atom. The summed E-state index contributed by atoms with van der Waals surface area (Å²) in [6.45, 7) is 16.5. The van der Waals surface area contributed by atoms with Crippen molar-refractivity contribution in [2.45, 2.75) is 73.1 Å². The Bertz CT molecular complexity index is 1840. The van der Waals surface area contributed by atoms with Crippen molar-refractivity contribution in [1.29, 1.82) is 0 Å². The number of esters is 1. The molecule has 0 amide bonds. The van der Waals surface area contributed by atoms with Crippen LogP contribution in [0, 0.1) is 37.5 Å². The minimum absolute atomic E-state index is 0. The molecule has 3 aliphatic heterocycles. The number of methoxy groups -OCH3 is 1. The summed E-state index contributed by atoms with van der Waals surface area (Å²) in [6, 6.07) is -0.521. The van der Waals surface area contributed by atoms with Crippen molar-refractivity contribution < 1.29 is 24.2 Å². The van der Waals surface area contributed by atoms with Crippen molar-refractivity contribution in [3.63, 3.8) is 0 Å². The summed E-state index contributed by atoms with van der Waals surface area (Å²) in [4.78, 5) is 36.8. The van der Waals surface area contributed by atoms with Gasteiger partial charge in [0.05, 0.1) is 12.5 Å². The Labute approximate surface area is 292 Å². The molecule has 5 heterocycles. The van der Waals surface area contributed by atoms with Gasteiger partial charge in [0, 0.05) is 19.1 Å². The van der Waals surface area contributed by atoms with Gasteiger partial charge in [-0.05, 0) is 56.9 Å². The first kappa shape index (κ1) is 35.0. The van der Waals surface area contributed by atoms with E-state index in [1.165, 1.54) is 12.7 Å². The molecule has 4 aliphatic rings. The average molecular weight is 647 g/mol. The standard InChI is InChI=1S/C37H42N4O5.Mg/c1-9-21-17(4)24-14-26-19(6)23(12-13-30(42)46-11-3)34(40-26)32-33(37(44)45-8)36(43)31-20(7)27(41-35(31)32)16-29-22(10-2)18(5)25(39-29)15-28(21)38-24;/h9,14-16,18-19,23,33-34,37,44H,1,10-13H2,2-8H3;/q-4;+2/b25-15-,26-14-,27-16-;/t18-,19-,23-,33+,34?,37?;/m0./s1. The van der Waals surface area contributed by atoms with E-state index in [0.29, 0.717) is 34.9 Å². The largest absolute Gasteiger partial charge is 2.00 e. The number of hydrogen-bond acceptors (Lipinski definition) is 5. The average Bonchev–Trinajstić information content (AvgIpc) is 3.77. The summed E-state index contributed by atoms with van der Waals surface area (Å²) < 4.78 is 10.6. The van der Waals surface area contributed by atoms with E-state index in [2.05, 4.69) is 33.4 Å². The zero-order chi connectivity index (χ0) is 33.0. The first-order valence-electron chi connectivity index (χ1n) is 16.2. The number of hydrogen-bond donors (Lipinski definition) is 1. The van der Waals surface area contributed by atoms with Crippen molar-refractivity contribution in [2.75, 3.05) is 13.7 Å². The van der Waals surface area contributed by atoms with Crippen LogP contribution in [0.4, 0.5) is 0 Å². The summed E-state index contributed by atoms with van der Waals surface area (Å²) in [5.41, 5.74) is 9.16. The van der Waals surface area contributed by atoms with Gasteiger partial charge >= 0.3 is 29.0 Å². The smallest absolute Gasteiger partial charge is 0.681 e. The fraction of sp³-hybridized carbons (Fsp3) is 0.459. The van der Waals surface area contributed by atoms with E-state index in [1.807, 2.05) is 32.1 Å². The monoisotopic (exact) mass is 646 g/mol. The summed E-state index contributed by atoms with van der Waals surface area (Å²) in [6.07, 6.45) is 8.01. The SMILES string of the molecule is C=Cc1c2[n-]c(c1C)/C=C1\[N-]C(C3=c4[n-]/c(c(C)c4C(=O)[C@@H]3C(O)OC)=C\C3=C(CC)[C@H](C)/C(=C/2)[N-]3)[C@@H](CCC(=O)OCC)[C@@H]1C.[Mg+2]. The zero-order valence-corrected chi connectivity index (χ0v) is 29.8. The van der Waals surface area contributed by atoms with Gasteiger partial charge < -0.3 is 35.2 Å². The second-order valence-electron chi connectivity index (χ2n) is 12.6. The van der Waals surface area contributed by atoms with Crippen molar-refractivity contribution in [3.05, 3.63) is 84.2 Å². The Morgan fingerprint density at radius 3 is 2.47 bits per heavy atom. The topological polar surface area (TPSA) is 129 Å². The van der Waals surface area contributed by atoms with Gasteiger partial charge in [-0.2, -0.15) is 11.4 Å². The number of nitrogens with zero attached hydrogens (tertiary/aromatic N) is 4. The van der Waals surface area contributed by atoms with Crippen LogP contribution in [0.25, 0.3) is 40.5 Å². The summed E-state index contributed by atoms with van der Waals surface area (Å²) in [7, 11) is 1.39. The molecular weight excluding hydrogens is 605 g/mol. The Kier molecular flexibility index (Phi) is 10.2. The van der Waals surface area contributed by atoms with Crippen LogP contribution >= 0.6 is 0 Å². The molecule has 2 aromatic heterocycles. The van der Waals surface area contributed by atoms with E-state index in [4.69, 9.17) is 30.1 Å². The first-order valence-corrected chi connectivity index (χ1v) is 16.2. The van der Waals surface area contributed by atoms with Gasteiger partial charge in [-0.3, -0.25) is 9.59 Å². The molecule has 0 radical (unpaired) electrons. The van der Waals surface area contributed by atoms with E-state index in [9.17, 15) is 14.7 Å². The number of aliphatic hydroxyl groups excluding tert-OH is 1. The number of fused-ring (bicyclic) bond motifs is 8. The van der Waals surface area contributed by atoms with Gasteiger partial charge in [0.2, 0.25) is 0 Å². The van der Waals surface area contributed by atoms with Gasteiger partial charge in [0.25, 0.3) is 0 Å². The Balaban J connectivity index is 0.00000433. The molecule has 6 atom stereocenters. The van der Waals surface area contributed by atoms with Crippen LogP contribution < -0.4 is 20.7 Å². The normalized spacial score (nSPS) is 27.9. The maximum atomic E-state index is 14.2. The third-order valence-electron chi connectivity index (χ3n) is 10.3. The molecule has 2 aromatic rings. The molecule has 0 saturated carbocycles. The third-order valence-corrected chi connectivity index (χ3v) is 10.3. The molecule has 1 N–H and O–H groups in total. The minimum atomic E-state index is -1.37. The zero-order valence-electron chi connectivity index (χ0n) is 28.4. The van der Waals surface area contributed by atoms with Crippen LogP contribution in [0.5, 0.6) is 0 Å². The molecule has 1 saturated heterocycles. The first-order chi connectivity index (χ1) is 22.0. The minimum Gasteiger partial charge on any atom is -0.681 e. The third kappa shape index (κ3) is 5.77. The fourth-order valence-electron chi connectivity index (χ4n) is 7.66. The molecule has 10 heteroatoms. The number of allylic oxidation sites excluding steroid dienone is 3. The van der Waals surface area contributed by atoms with Crippen molar-refractivity contribution in [1.82, 2.24) is 9.97 Å². The van der Waals surface area contributed by atoms with Gasteiger partial charge in [-0.25, -0.2) is 0 Å². The van der Waals surface area contributed by atoms with Gasteiger partial charge in [0.15, 0.2) is 12.1 Å². The predicted octanol–water partition coefficient (Wildman–Crippen LogP) is 4.62. The molecule has 0 aromatic carbocycles. The number of aliphatic hydroxyl groups is 1. The molecule has 1 fully saturated rings. The second-order valence-corrected chi connectivity index (χ2v) is 12.6. The van der Waals surface area contributed by atoms with Crippen LogP contribution in [0.2, 0.25) is 0 Å². The van der Waals surface area contributed by atoms with Gasteiger partial charge in [-0.1, -0.05) is 80.0 Å². The Hall–Kier alpha value is -3.31. The van der Waals surface area contributed by atoms with Crippen LogP contribution in [-0.2, 0) is 14.3 Å². The quantitative estimate of drug-likeness (QED) is 0.252. The molecule has 47 heavy (non-hydrogen) atoms. The maximum Gasteiger partial charge on any atom is 2.00 e. The number of Topliss-reactive ketones (excluding diaryl/α,β-unsaturated/α-hetero) is 1. The van der Waals surface area contributed by atoms with Crippen LogP contribution in [0.15, 0.2) is 29.2 Å². The number of ether oxygens (including phenoxy) is 2. The van der Waals surface area contributed by atoms with E-state index in [0.717, 1.165) is 51.6 Å². The molecule has 0 spiro atoms. The summed E-state index contributed by atoms with van der Waals surface area (Å²) in [5, 5.41) is 22.6. The molecule has 8 bridgehead atoms. The van der Waals surface area contributed by atoms with E-state index < -0.39 is 18.2 Å². The molecule has 2 unspecified atom stereocenters. The van der Waals surface area contributed by atoms with Crippen molar-refractivity contribution in [2.24, 2.45) is 23.7 Å². The number of ketones is 1. The van der Waals surface area contributed by atoms with Crippen LogP contribution in [0.3, 0.4) is 0 Å². The van der Waals surface area contributed by atoms with E-state index >= 15 is 0 Å². The van der Waals surface area contributed by atoms with Crippen molar-refractivity contribution in [3.8, 4) is 0 Å². The number of carbonyl (C=O) groups is 2. The van der Waals surface area contributed by atoms with Gasteiger partial charge in [-0.15, -0.1) is 27.8 Å². The van der Waals surface area contributed by atoms with Crippen LogP contribution in [-0.4, -0.2) is 66.0 Å². The van der Waals surface area contributed by atoms with E-state index in [-0.39, 0.29) is 59.0 Å². The predicted molar refractivity (Wildman–Crippen MR) is 184 cm³/mol. The summed E-state index contributed by atoms with van der Waals surface area (Å²) >= 11 is 0. The second kappa shape index (κ2) is 13.7.